The van der Waals surface area contributed by atoms with Gasteiger partial charge in [0.2, 0.25) is 5.89 Å². The first-order valence-electron chi connectivity index (χ1n) is 10.3. The van der Waals surface area contributed by atoms with Crippen molar-refractivity contribution in [2.75, 3.05) is 0 Å². The topological polar surface area (TPSA) is 105 Å². The molecule has 0 fully saturated rings. The lowest BCUT2D eigenvalue weighted by Gasteiger charge is -2.31. The predicted octanol–water partition coefficient (Wildman–Crippen LogP) is 4.17. The lowest BCUT2D eigenvalue weighted by molar-refractivity contribution is 0.0331. The molecule has 4 aromatic rings. The summed E-state index contributed by atoms with van der Waals surface area (Å²) in [6, 6.07) is 8.35. The Kier molecular flexibility index (Phi) is 5.73. The zero-order chi connectivity index (χ0) is 24.7. The number of hydrogen-bond donors (Lipinski definition) is 1. The van der Waals surface area contributed by atoms with Gasteiger partial charge in [-0.05, 0) is 42.0 Å². The van der Waals surface area contributed by atoms with Crippen molar-refractivity contribution in [1.82, 2.24) is 25.1 Å². The molecule has 0 aliphatic carbocycles. The minimum absolute atomic E-state index is 0.0581. The average Bonchev–Trinajstić information content (AvgIpc) is 3.47. The largest absolute Gasteiger partial charge is 0.415 e. The highest BCUT2D eigenvalue weighted by Gasteiger charge is 2.39. The smallest absolute Gasteiger partial charge is 0.314 e. The molecule has 2 atom stereocenters. The van der Waals surface area contributed by atoms with Crippen LogP contribution in [0.3, 0.4) is 0 Å². The Hall–Kier alpha value is -4.19. The van der Waals surface area contributed by atoms with E-state index in [0.717, 1.165) is 24.5 Å². The van der Waals surface area contributed by atoms with Gasteiger partial charge in [0.15, 0.2) is 0 Å². The molecule has 1 aliphatic rings. The van der Waals surface area contributed by atoms with E-state index >= 15 is 0 Å². The first kappa shape index (κ1) is 22.6. The summed E-state index contributed by atoms with van der Waals surface area (Å²) >= 11 is 0. The van der Waals surface area contributed by atoms with E-state index in [-0.39, 0.29) is 35.0 Å². The fourth-order valence-electron chi connectivity index (χ4n) is 3.90. The lowest BCUT2D eigenvalue weighted by Crippen LogP contribution is -2.34. The maximum Gasteiger partial charge on any atom is 0.314 e. The van der Waals surface area contributed by atoms with Crippen molar-refractivity contribution in [3.05, 3.63) is 94.9 Å². The molecule has 1 aliphatic heterocycles. The Labute approximate surface area is 194 Å². The van der Waals surface area contributed by atoms with Gasteiger partial charge in [-0.2, -0.15) is 8.78 Å². The van der Waals surface area contributed by atoms with Crippen molar-refractivity contribution < 1.29 is 31.9 Å². The molecule has 5 rings (SSSR count). The molecular formula is C23H15F4N5O3. The summed E-state index contributed by atoms with van der Waals surface area (Å²) in [5.74, 6) is -2.74. The molecule has 0 unspecified atom stereocenters. The second-order valence-corrected chi connectivity index (χ2v) is 7.74. The Balaban J connectivity index is 1.51. The standard InChI is InChI=1S/C23H15F4N5O3/c24-13-3-5-16(28-8-13)18(19(33)17-6-4-14(25)9-29-17)32-10-12-2-1-11(7-15(12)23(32)34)21-30-31-22(35-21)20(26)27/h1-9,18-20,33H,10H2/t18-,19+/m0/s1. The van der Waals surface area contributed by atoms with Crippen LogP contribution in [0, 0.1) is 11.6 Å². The van der Waals surface area contributed by atoms with Crippen LogP contribution in [-0.2, 0) is 6.54 Å². The summed E-state index contributed by atoms with van der Waals surface area (Å²) in [5, 5.41) is 18.0. The number of aliphatic hydroxyl groups is 1. The number of pyridine rings is 2. The molecule has 178 valence electrons. The molecule has 8 nitrogen and oxygen atoms in total. The number of fused-ring (bicyclic) bond motifs is 1. The summed E-state index contributed by atoms with van der Waals surface area (Å²) in [6.07, 6.45) is -2.47. The molecule has 35 heavy (non-hydrogen) atoms. The van der Waals surface area contributed by atoms with Gasteiger partial charge in [-0.25, -0.2) is 8.78 Å². The molecule has 0 spiro atoms. The van der Waals surface area contributed by atoms with Crippen molar-refractivity contribution in [3.63, 3.8) is 0 Å². The minimum Gasteiger partial charge on any atom is -0.415 e. The summed E-state index contributed by atoms with van der Waals surface area (Å²) in [4.78, 5) is 22.7. The fourth-order valence-corrected chi connectivity index (χ4v) is 3.90. The first-order valence-corrected chi connectivity index (χ1v) is 10.3. The Morgan fingerprint density at radius 3 is 2.23 bits per heavy atom. The lowest BCUT2D eigenvalue weighted by atomic mass is 10.0. The maximum absolute atomic E-state index is 13.5. The zero-order valence-electron chi connectivity index (χ0n) is 17.6. The van der Waals surface area contributed by atoms with Gasteiger partial charge in [-0.1, -0.05) is 6.07 Å². The van der Waals surface area contributed by atoms with Gasteiger partial charge in [0.05, 0.1) is 23.8 Å². The number of hydrogen-bond acceptors (Lipinski definition) is 7. The number of benzene rings is 1. The molecule has 12 heteroatoms. The Morgan fingerprint density at radius 1 is 0.943 bits per heavy atom. The molecule has 1 N–H and O–H groups in total. The van der Waals surface area contributed by atoms with Crippen molar-refractivity contribution in [2.45, 2.75) is 25.1 Å². The summed E-state index contributed by atoms with van der Waals surface area (Å²) < 4.78 is 57.5. The van der Waals surface area contributed by atoms with Crippen molar-refractivity contribution in [3.8, 4) is 11.5 Å². The molecule has 1 aromatic carbocycles. The molecule has 4 heterocycles. The SMILES string of the molecule is O=C1c2cc(-c3nnc(C(F)F)o3)ccc2CN1[C@@H](c1ccc(F)cn1)[C@H](O)c1ccc(F)cn1. The molecule has 0 saturated heterocycles. The number of rotatable bonds is 6. The Bertz CT molecular complexity index is 1380. The highest BCUT2D eigenvalue weighted by molar-refractivity contribution is 5.99. The highest BCUT2D eigenvalue weighted by Crippen LogP contribution is 2.39. The Morgan fingerprint density at radius 2 is 1.63 bits per heavy atom. The third kappa shape index (κ3) is 4.23. The second-order valence-electron chi connectivity index (χ2n) is 7.74. The fraction of sp³-hybridized carbons (Fsp3) is 0.174. The van der Waals surface area contributed by atoms with Crippen LogP contribution in [0.4, 0.5) is 17.6 Å². The van der Waals surface area contributed by atoms with Crippen LogP contribution >= 0.6 is 0 Å². The van der Waals surface area contributed by atoms with E-state index in [0.29, 0.717) is 5.56 Å². The summed E-state index contributed by atoms with van der Waals surface area (Å²) in [5.41, 5.74) is 1.34. The highest BCUT2D eigenvalue weighted by atomic mass is 19.3. The van der Waals surface area contributed by atoms with Gasteiger partial charge in [0.25, 0.3) is 11.8 Å². The normalized spacial score (nSPS) is 14.9. The van der Waals surface area contributed by atoms with Gasteiger partial charge in [-0.15, -0.1) is 10.2 Å². The number of aliphatic hydroxyl groups excluding tert-OH is 1. The van der Waals surface area contributed by atoms with Crippen molar-refractivity contribution >= 4 is 5.91 Å². The van der Waals surface area contributed by atoms with Crippen LogP contribution in [0.15, 0.2) is 59.3 Å². The van der Waals surface area contributed by atoms with Crippen molar-refractivity contribution in [2.24, 2.45) is 0 Å². The third-order valence-corrected chi connectivity index (χ3v) is 5.56. The number of alkyl halides is 2. The maximum atomic E-state index is 13.5. The van der Waals surface area contributed by atoms with Crippen LogP contribution in [0.1, 0.15) is 51.8 Å². The van der Waals surface area contributed by atoms with E-state index in [1.165, 1.54) is 23.1 Å². The van der Waals surface area contributed by atoms with Gasteiger partial charge >= 0.3 is 6.43 Å². The molecule has 1 amide bonds. The zero-order valence-corrected chi connectivity index (χ0v) is 17.6. The first-order chi connectivity index (χ1) is 16.8. The van der Waals surface area contributed by atoms with E-state index in [9.17, 15) is 27.5 Å². The summed E-state index contributed by atoms with van der Waals surface area (Å²) in [7, 11) is 0. The van der Waals surface area contributed by atoms with E-state index in [1.807, 2.05) is 0 Å². The van der Waals surface area contributed by atoms with E-state index < -0.39 is 42.0 Å². The number of carbonyl (C=O) groups is 1. The molecule has 0 radical (unpaired) electrons. The average molecular weight is 485 g/mol. The van der Waals surface area contributed by atoms with Gasteiger partial charge < -0.3 is 14.4 Å². The van der Waals surface area contributed by atoms with E-state index in [2.05, 4.69) is 20.2 Å². The minimum atomic E-state index is -2.94. The third-order valence-electron chi connectivity index (χ3n) is 5.56. The van der Waals surface area contributed by atoms with Gasteiger partial charge in [0.1, 0.15) is 23.8 Å². The van der Waals surface area contributed by atoms with Gasteiger partial charge in [0, 0.05) is 17.7 Å². The monoisotopic (exact) mass is 485 g/mol. The van der Waals surface area contributed by atoms with E-state index in [1.54, 1.807) is 12.1 Å². The number of amides is 1. The molecule has 0 saturated carbocycles. The molecule has 3 aromatic heterocycles. The van der Waals surface area contributed by atoms with Crippen LogP contribution in [0.5, 0.6) is 0 Å². The second kappa shape index (κ2) is 8.87. The van der Waals surface area contributed by atoms with Crippen LogP contribution in [0.2, 0.25) is 0 Å². The number of nitrogens with zero attached hydrogens (tertiary/aromatic N) is 5. The summed E-state index contributed by atoms with van der Waals surface area (Å²) in [6.45, 7) is 0.0581. The number of aromatic nitrogens is 4. The molecular weight excluding hydrogens is 470 g/mol. The number of halogens is 4. The van der Waals surface area contributed by atoms with Gasteiger partial charge in [-0.3, -0.25) is 14.8 Å². The van der Waals surface area contributed by atoms with Crippen LogP contribution < -0.4 is 0 Å². The quantitative estimate of drug-likeness (QED) is 0.409. The van der Waals surface area contributed by atoms with E-state index in [4.69, 9.17) is 4.42 Å². The molecule has 0 bridgehead atoms. The van der Waals surface area contributed by atoms with Crippen molar-refractivity contribution in [1.29, 1.82) is 0 Å². The van der Waals surface area contributed by atoms with Crippen LogP contribution in [0.25, 0.3) is 11.5 Å². The number of carbonyl (C=O) groups excluding carboxylic acids is 1. The predicted molar refractivity (Wildman–Crippen MR) is 111 cm³/mol. The van der Waals surface area contributed by atoms with Crippen LogP contribution in [-0.4, -0.2) is 36.1 Å².